The Morgan fingerprint density at radius 3 is 2.53 bits per heavy atom. The number of methoxy groups -OCH3 is 1. The molecule has 1 heterocycles. The van der Waals surface area contributed by atoms with Gasteiger partial charge in [0, 0.05) is 12.0 Å². The third-order valence-corrected chi connectivity index (χ3v) is 2.51. The summed E-state index contributed by atoms with van der Waals surface area (Å²) in [6.07, 6.45) is 2.65. The second-order valence-electron chi connectivity index (χ2n) is 4.44. The number of hydrogen-bond acceptors (Lipinski definition) is 3. The second kappa shape index (κ2) is 5.04. The van der Waals surface area contributed by atoms with E-state index in [9.17, 15) is 0 Å². The van der Waals surface area contributed by atoms with Crippen molar-refractivity contribution in [1.29, 1.82) is 0 Å². The third kappa shape index (κ3) is 2.87. The average Bonchev–Trinajstić information content (AvgIpc) is 2.77. The van der Waals surface area contributed by atoms with Gasteiger partial charge < -0.3 is 9.15 Å². The summed E-state index contributed by atoms with van der Waals surface area (Å²) in [4.78, 5) is 4.28. The molecular formula is C14H17NO2. The molecular weight excluding hydrogens is 214 g/mol. The van der Waals surface area contributed by atoms with Crippen molar-refractivity contribution < 1.29 is 9.15 Å². The van der Waals surface area contributed by atoms with E-state index in [1.54, 1.807) is 13.3 Å². The molecule has 0 bridgehead atoms. The molecule has 3 heteroatoms. The Morgan fingerprint density at radius 1 is 1.24 bits per heavy atom. The molecule has 17 heavy (non-hydrogen) atoms. The van der Waals surface area contributed by atoms with Gasteiger partial charge in [0.2, 0.25) is 0 Å². The zero-order valence-corrected chi connectivity index (χ0v) is 10.4. The minimum atomic E-state index is 0.553. The van der Waals surface area contributed by atoms with Gasteiger partial charge in [0.15, 0.2) is 11.7 Å². The highest BCUT2D eigenvalue weighted by molar-refractivity contribution is 5.57. The predicted octanol–water partition coefficient (Wildman–Crippen LogP) is 3.55. The van der Waals surface area contributed by atoms with Crippen molar-refractivity contribution >= 4 is 0 Å². The van der Waals surface area contributed by atoms with Gasteiger partial charge in [0.05, 0.1) is 13.3 Å². The molecule has 3 nitrogen and oxygen atoms in total. The van der Waals surface area contributed by atoms with E-state index in [0.29, 0.717) is 5.92 Å². The highest BCUT2D eigenvalue weighted by Crippen LogP contribution is 2.23. The van der Waals surface area contributed by atoms with E-state index in [1.165, 1.54) is 0 Å². The Morgan fingerprint density at radius 2 is 1.94 bits per heavy atom. The first-order valence-corrected chi connectivity index (χ1v) is 5.78. The minimum Gasteiger partial charge on any atom is -0.497 e. The van der Waals surface area contributed by atoms with Gasteiger partial charge in [-0.1, -0.05) is 13.8 Å². The molecule has 0 N–H and O–H groups in total. The van der Waals surface area contributed by atoms with Crippen molar-refractivity contribution in [3.05, 3.63) is 36.4 Å². The van der Waals surface area contributed by atoms with Gasteiger partial charge in [-0.25, -0.2) is 4.98 Å². The highest BCUT2D eigenvalue weighted by Gasteiger charge is 2.07. The predicted molar refractivity (Wildman–Crippen MR) is 67.0 cm³/mol. The van der Waals surface area contributed by atoms with Crippen molar-refractivity contribution in [2.75, 3.05) is 7.11 Å². The number of oxazole rings is 1. The van der Waals surface area contributed by atoms with Gasteiger partial charge in [-0.05, 0) is 30.2 Å². The molecule has 0 unspecified atom stereocenters. The monoisotopic (exact) mass is 231 g/mol. The highest BCUT2D eigenvalue weighted by atomic mass is 16.5. The fourth-order valence-electron chi connectivity index (χ4n) is 1.64. The maximum atomic E-state index is 5.70. The molecule has 0 atom stereocenters. The lowest BCUT2D eigenvalue weighted by molar-refractivity contribution is 0.415. The Labute approximate surface area is 101 Å². The number of aromatic nitrogens is 1. The summed E-state index contributed by atoms with van der Waals surface area (Å²) in [5.74, 6) is 3.00. The van der Waals surface area contributed by atoms with Gasteiger partial charge in [0.25, 0.3) is 0 Å². The largest absolute Gasteiger partial charge is 0.497 e. The lowest BCUT2D eigenvalue weighted by Gasteiger charge is -2.01. The summed E-state index contributed by atoms with van der Waals surface area (Å²) in [7, 11) is 1.66. The lowest BCUT2D eigenvalue weighted by Crippen LogP contribution is -1.92. The number of benzene rings is 1. The molecule has 2 rings (SSSR count). The molecule has 0 aliphatic carbocycles. The van der Waals surface area contributed by atoms with Crippen LogP contribution in [-0.4, -0.2) is 12.1 Å². The van der Waals surface area contributed by atoms with E-state index < -0.39 is 0 Å². The van der Waals surface area contributed by atoms with E-state index in [-0.39, 0.29) is 0 Å². The first kappa shape index (κ1) is 11.7. The normalized spacial score (nSPS) is 10.8. The van der Waals surface area contributed by atoms with Crippen LogP contribution in [0.25, 0.3) is 11.3 Å². The zero-order valence-electron chi connectivity index (χ0n) is 10.4. The lowest BCUT2D eigenvalue weighted by atomic mass is 10.1. The van der Waals surface area contributed by atoms with Crippen LogP contribution >= 0.6 is 0 Å². The quantitative estimate of drug-likeness (QED) is 0.807. The SMILES string of the molecule is COc1ccc(-c2cnc(CC(C)C)o2)cc1. The summed E-state index contributed by atoms with van der Waals surface area (Å²) >= 11 is 0. The topological polar surface area (TPSA) is 35.3 Å². The zero-order chi connectivity index (χ0) is 12.3. The standard InChI is InChI=1S/C14H17NO2/c1-10(2)8-14-15-9-13(17-14)11-4-6-12(16-3)7-5-11/h4-7,9-10H,8H2,1-3H3. The maximum Gasteiger partial charge on any atom is 0.195 e. The molecule has 0 spiro atoms. The van der Waals surface area contributed by atoms with Crippen LogP contribution in [0.2, 0.25) is 0 Å². The van der Waals surface area contributed by atoms with Gasteiger partial charge in [-0.15, -0.1) is 0 Å². The van der Waals surface area contributed by atoms with Crippen LogP contribution in [0.15, 0.2) is 34.9 Å². The van der Waals surface area contributed by atoms with Crippen LogP contribution < -0.4 is 4.74 Å². The first-order valence-electron chi connectivity index (χ1n) is 5.78. The molecule has 1 aromatic carbocycles. The van der Waals surface area contributed by atoms with Gasteiger partial charge in [-0.3, -0.25) is 0 Å². The molecule has 1 aromatic heterocycles. The molecule has 0 saturated carbocycles. The average molecular weight is 231 g/mol. The Hall–Kier alpha value is -1.77. The van der Waals surface area contributed by atoms with Crippen LogP contribution in [0, 0.1) is 5.92 Å². The van der Waals surface area contributed by atoms with Gasteiger partial charge >= 0.3 is 0 Å². The van der Waals surface area contributed by atoms with Crippen molar-refractivity contribution in [2.24, 2.45) is 5.92 Å². The summed E-state index contributed by atoms with van der Waals surface area (Å²) in [5, 5.41) is 0. The fourth-order valence-corrected chi connectivity index (χ4v) is 1.64. The van der Waals surface area contributed by atoms with Crippen LogP contribution in [0.4, 0.5) is 0 Å². The van der Waals surface area contributed by atoms with Crippen LogP contribution in [0.3, 0.4) is 0 Å². The molecule has 0 aliphatic rings. The van der Waals surface area contributed by atoms with Crippen molar-refractivity contribution in [2.45, 2.75) is 20.3 Å². The molecule has 0 saturated heterocycles. The molecule has 0 amide bonds. The van der Waals surface area contributed by atoms with Crippen molar-refractivity contribution in [3.8, 4) is 17.1 Å². The van der Waals surface area contributed by atoms with Crippen molar-refractivity contribution in [1.82, 2.24) is 4.98 Å². The summed E-state index contributed by atoms with van der Waals surface area (Å²) < 4.78 is 10.8. The summed E-state index contributed by atoms with van der Waals surface area (Å²) in [5.41, 5.74) is 1.02. The second-order valence-corrected chi connectivity index (χ2v) is 4.44. The number of hydrogen-bond donors (Lipinski definition) is 0. The number of nitrogens with zero attached hydrogens (tertiary/aromatic N) is 1. The van der Waals surface area contributed by atoms with E-state index >= 15 is 0 Å². The minimum absolute atomic E-state index is 0.553. The van der Waals surface area contributed by atoms with Crippen LogP contribution in [0.1, 0.15) is 19.7 Å². The smallest absolute Gasteiger partial charge is 0.195 e. The van der Waals surface area contributed by atoms with Crippen LogP contribution in [0.5, 0.6) is 5.75 Å². The van der Waals surface area contributed by atoms with E-state index in [4.69, 9.17) is 9.15 Å². The van der Waals surface area contributed by atoms with Crippen molar-refractivity contribution in [3.63, 3.8) is 0 Å². The molecule has 0 fully saturated rings. The fraction of sp³-hybridized carbons (Fsp3) is 0.357. The Bertz CT molecular complexity index is 471. The molecule has 0 aliphatic heterocycles. The van der Waals surface area contributed by atoms with E-state index in [1.807, 2.05) is 24.3 Å². The van der Waals surface area contributed by atoms with E-state index in [0.717, 1.165) is 29.4 Å². The van der Waals surface area contributed by atoms with Gasteiger partial charge in [0.1, 0.15) is 5.75 Å². The molecule has 0 radical (unpaired) electrons. The molecule has 90 valence electrons. The maximum absolute atomic E-state index is 5.70. The number of rotatable bonds is 4. The van der Waals surface area contributed by atoms with Crippen LogP contribution in [-0.2, 0) is 6.42 Å². The number of ether oxygens (including phenoxy) is 1. The van der Waals surface area contributed by atoms with Gasteiger partial charge in [-0.2, -0.15) is 0 Å². The van der Waals surface area contributed by atoms with E-state index in [2.05, 4.69) is 18.8 Å². The Balaban J connectivity index is 2.18. The Kier molecular flexibility index (Phi) is 3.47. The molecule has 2 aromatic rings. The summed E-state index contributed by atoms with van der Waals surface area (Å²) in [6, 6.07) is 7.77. The first-order chi connectivity index (χ1) is 8.19. The third-order valence-electron chi connectivity index (χ3n) is 2.51. The summed E-state index contributed by atoms with van der Waals surface area (Å²) in [6.45, 7) is 4.30.